The summed E-state index contributed by atoms with van der Waals surface area (Å²) in [7, 11) is 0. The molecule has 1 heterocycles. The summed E-state index contributed by atoms with van der Waals surface area (Å²) < 4.78 is 0. The predicted octanol–water partition coefficient (Wildman–Crippen LogP) is 2.16. The summed E-state index contributed by atoms with van der Waals surface area (Å²) in [5.41, 5.74) is 10.4. The van der Waals surface area contributed by atoms with Crippen molar-refractivity contribution in [3.63, 3.8) is 0 Å². The number of aryl methyl sites for hydroxylation is 1. The minimum Gasteiger partial charge on any atom is -0.386 e. The Labute approximate surface area is 89.7 Å². The standard InChI is InChI=1S/C12H15N3/c1-8-4-3-5-10(9(8)2)11-6-7-12(13)15-14-11/h3-5H,6-7H2,1-2H3,(H2,13,15). The van der Waals surface area contributed by atoms with Gasteiger partial charge in [-0.3, -0.25) is 0 Å². The van der Waals surface area contributed by atoms with Crippen LogP contribution in [0.1, 0.15) is 29.5 Å². The molecule has 78 valence electrons. The van der Waals surface area contributed by atoms with Crippen LogP contribution in [0.5, 0.6) is 0 Å². The highest BCUT2D eigenvalue weighted by Gasteiger charge is 2.12. The van der Waals surface area contributed by atoms with Crippen molar-refractivity contribution in [2.45, 2.75) is 26.7 Å². The van der Waals surface area contributed by atoms with Crippen molar-refractivity contribution >= 4 is 11.5 Å². The van der Waals surface area contributed by atoms with Gasteiger partial charge in [0.1, 0.15) is 5.84 Å². The summed E-state index contributed by atoms with van der Waals surface area (Å²) in [6.07, 6.45) is 1.70. The first-order valence-electron chi connectivity index (χ1n) is 5.14. The smallest absolute Gasteiger partial charge is 0.122 e. The lowest BCUT2D eigenvalue weighted by Crippen LogP contribution is -2.18. The first-order valence-corrected chi connectivity index (χ1v) is 5.14. The van der Waals surface area contributed by atoms with Gasteiger partial charge in [-0.1, -0.05) is 18.2 Å². The Kier molecular flexibility index (Phi) is 2.54. The Morgan fingerprint density at radius 2 is 1.93 bits per heavy atom. The van der Waals surface area contributed by atoms with Gasteiger partial charge >= 0.3 is 0 Å². The van der Waals surface area contributed by atoms with E-state index in [1.807, 2.05) is 0 Å². The Bertz CT molecular complexity index is 444. The fraction of sp³-hybridized carbons (Fsp3) is 0.333. The lowest BCUT2D eigenvalue weighted by molar-refractivity contribution is 1.02. The zero-order chi connectivity index (χ0) is 10.8. The van der Waals surface area contributed by atoms with Crippen LogP contribution >= 0.6 is 0 Å². The minimum atomic E-state index is 0.629. The summed E-state index contributed by atoms with van der Waals surface area (Å²) in [6, 6.07) is 6.26. The maximum absolute atomic E-state index is 5.59. The molecule has 3 nitrogen and oxygen atoms in total. The van der Waals surface area contributed by atoms with E-state index in [0.717, 1.165) is 18.6 Å². The predicted molar refractivity (Wildman–Crippen MR) is 63.3 cm³/mol. The molecule has 15 heavy (non-hydrogen) atoms. The molecular weight excluding hydrogens is 186 g/mol. The van der Waals surface area contributed by atoms with Gasteiger partial charge in [0.2, 0.25) is 0 Å². The molecule has 0 aromatic heterocycles. The Morgan fingerprint density at radius 1 is 1.13 bits per heavy atom. The van der Waals surface area contributed by atoms with Crippen molar-refractivity contribution in [3.8, 4) is 0 Å². The number of nitrogens with two attached hydrogens (primary N) is 1. The molecule has 1 aromatic carbocycles. The third kappa shape index (κ3) is 1.91. The second kappa shape index (κ2) is 3.85. The van der Waals surface area contributed by atoms with E-state index in [1.165, 1.54) is 16.7 Å². The Hall–Kier alpha value is -1.64. The molecule has 0 unspecified atom stereocenters. The molecule has 0 bridgehead atoms. The zero-order valence-electron chi connectivity index (χ0n) is 9.12. The molecular formula is C12H15N3. The van der Waals surface area contributed by atoms with Crippen molar-refractivity contribution in [3.05, 3.63) is 34.9 Å². The SMILES string of the molecule is Cc1cccc(C2=NN=C(N)CC2)c1C. The van der Waals surface area contributed by atoms with Gasteiger partial charge in [-0.05, 0) is 31.4 Å². The second-order valence-corrected chi connectivity index (χ2v) is 3.89. The molecule has 3 heteroatoms. The third-order valence-electron chi connectivity index (χ3n) is 2.83. The van der Waals surface area contributed by atoms with Gasteiger partial charge < -0.3 is 5.73 Å². The van der Waals surface area contributed by atoms with E-state index < -0.39 is 0 Å². The number of benzene rings is 1. The van der Waals surface area contributed by atoms with E-state index in [4.69, 9.17) is 5.73 Å². The van der Waals surface area contributed by atoms with Crippen molar-refractivity contribution in [2.24, 2.45) is 15.9 Å². The molecule has 1 aromatic rings. The van der Waals surface area contributed by atoms with Crippen LogP contribution in [0, 0.1) is 13.8 Å². The summed E-state index contributed by atoms with van der Waals surface area (Å²) >= 11 is 0. The summed E-state index contributed by atoms with van der Waals surface area (Å²) in [6.45, 7) is 4.23. The van der Waals surface area contributed by atoms with Crippen LogP contribution in [0.3, 0.4) is 0 Å². The highest BCUT2D eigenvalue weighted by atomic mass is 15.2. The van der Waals surface area contributed by atoms with Crippen molar-refractivity contribution in [2.75, 3.05) is 0 Å². The van der Waals surface area contributed by atoms with Crippen LogP contribution < -0.4 is 5.73 Å². The quantitative estimate of drug-likeness (QED) is 0.743. The summed E-state index contributed by atoms with van der Waals surface area (Å²) in [5.74, 6) is 0.629. The molecule has 1 aliphatic heterocycles. The second-order valence-electron chi connectivity index (χ2n) is 3.89. The highest BCUT2D eigenvalue weighted by Crippen LogP contribution is 2.17. The molecule has 0 amide bonds. The van der Waals surface area contributed by atoms with Crippen LogP contribution in [-0.4, -0.2) is 11.5 Å². The average molecular weight is 201 g/mol. The number of hydrogen-bond donors (Lipinski definition) is 1. The van der Waals surface area contributed by atoms with Crippen LogP contribution in [0.2, 0.25) is 0 Å². The van der Waals surface area contributed by atoms with E-state index in [9.17, 15) is 0 Å². The van der Waals surface area contributed by atoms with Gasteiger partial charge in [0, 0.05) is 12.0 Å². The first-order chi connectivity index (χ1) is 7.18. The van der Waals surface area contributed by atoms with Gasteiger partial charge in [-0.2, -0.15) is 5.10 Å². The molecule has 0 radical (unpaired) electrons. The number of nitrogens with zero attached hydrogens (tertiary/aromatic N) is 2. The highest BCUT2D eigenvalue weighted by molar-refractivity contribution is 6.05. The molecule has 0 atom stereocenters. The molecule has 0 fully saturated rings. The molecule has 2 rings (SSSR count). The molecule has 2 N–H and O–H groups in total. The largest absolute Gasteiger partial charge is 0.386 e. The summed E-state index contributed by atoms with van der Waals surface area (Å²) in [4.78, 5) is 0. The van der Waals surface area contributed by atoms with Crippen LogP contribution in [0.15, 0.2) is 28.4 Å². The number of hydrogen-bond acceptors (Lipinski definition) is 3. The molecule has 0 saturated carbocycles. The summed E-state index contributed by atoms with van der Waals surface area (Å²) in [5, 5.41) is 8.10. The van der Waals surface area contributed by atoms with Gasteiger partial charge in [0.05, 0.1) is 5.71 Å². The Balaban J connectivity index is 2.43. The monoisotopic (exact) mass is 201 g/mol. The van der Waals surface area contributed by atoms with E-state index in [0.29, 0.717) is 5.84 Å². The van der Waals surface area contributed by atoms with Crippen molar-refractivity contribution in [1.29, 1.82) is 0 Å². The molecule has 1 aliphatic rings. The number of rotatable bonds is 1. The van der Waals surface area contributed by atoms with Gasteiger partial charge in [-0.15, -0.1) is 5.10 Å². The van der Waals surface area contributed by atoms with Crippen LogP contribution in [0.25, 0.3) is 0 Å². The fourth-order valence-corrected chi connectivity index (χ4v) is 1.72. The van der Waals surface area contributed by atoms with E-state index in [-0.39, 0.29) is 0 Å². The van der Waals surface area contributed by atoms with E-state index in [2.05, 4.69) is 42.2 Å². The normalized spacial score (nSPS) is 15.9. The van der Waals surface area contributed by atoms with E-state index >= 15 is 0 Å². The minimum absolute atomic E-state index is 0.629. The topological polar surface area (TPSA) is 50.7 Å². The number of amidine groups is 1. The van der Waals surface area contributed by atoms with Crippen LogP contribution in [0.4, 0.5) is 0 Å². The van der Waals surface area contributed by atoms with Crippen molar-refractivity contribution < 1.29 is 0 Å². The lowest BCUT2D eigenvalue weighted by Gasteiger charge is -2.13. The lowest BCUT2D eigenvalue weighted by atomic mass is 9.97. The fourth-order valence-electron chi connectivity index (χ4n) is 1.72. The Morgan fingerprint density at radius 3 is 2.60 bits per heavy atom. The zero-order valence-corrected chi connectivity index (χ0v) is 9.12. The van der Waals surface area contributed by atoms with Crippen LogP contribution in [-0.2, 0) is 0 Å². The molecule has 0 spiro atoms. The molecule has 0 aliphatic carbocycles. The van der Waals surface area contributed by atoms with E-state index in [1.54, 1.807) is 0 Å². The molecule has 0 saturated heterocycles. The average Bonchev–Trinajstić information content (AvgIpc) is 2.24. The maximum Gasteiger partial charge on any atom is 0.122 e. The van der Waals surface area contributed by atoms with Gasteiger partial charge in [0.25, 0.3) is 0 Å². The maximum atomic E-state index is 5.59. The third-order valence-corrected chi connectivity index (χ3v) is 2.83. The van der Waals surface area contributed by atoms with Crippen molar-refractivity contribution in [1.82, 2.24) is 0 Å². The first kappa shape index (κ1) is 9.90. The van der Waals surface area contributed by atoms with Gasteiger partial charge in [0.15, 0.2) is 0 Å². The van der Waals surface area contributed by atoms with Gasteiger partial charge in [-0.25, -0.2) is 0 Å².